The highest BCUT2D eigenvalue weighted by Crippen LogP contribution is 2.69. The second-order valence-electron chi connectivity index (χ2n) is 22.9. The third-order valence-electron chi connectivity index (χ3n) is 13.1. The molecular weight excluding hydrogens is 617 g/mol. The van der Waals surface area contributed by atoms with Crippen molar-refractivity contribution in [1.82, 2.24) is 0 Å². The quantitative estimate of drug-likeness (QED) is 0.257. The van der Waals surface area contributed by atoms with Crippen LogP contribution in [0.5, 0.6) is 0 Å². The van der Waals surface area contributed by atoms with Crippen molar-refractivity contribution in [1.29, 1.82) is 0 Å². The Morgan fingerprint density at radius 1 is 0.452 bits per heavy atom. The predicted octanol–water partition coefficient (Wildman–Crippen LogP) is 13.1. The van der Waals surface area contributed by atoms with E-state index in [4.69, 9.17) is 0 Å². The van der Waals surface area contributed by atoms with E-state index in [-0.39, 0.29) is 40.3 Å². The molecule has 0 amide bonds. The summed E-state index contributed by atoms with van der Waals surface area (Å²) in [6.07, 6.45) is 0. The van der Waals surface area contributed by atoms with Gasteiger partial charge in [-0.05, 0) is 40.3 Å². The first-order chi connectivity index (χ1) is 18.9. The van der Waals surface area contributed by atoms with Gasteiger partial charge in [0.2, 0.25) is 7.11 Å². The van der Waals surface area contributed by atoms with Crippen LogP contribution in [0.2, 0.25) is 59.9 Å². The summed E-state index contributed by atoms with van der Waals surface area (Å²) in [7, 11) is -10.4. The van der Waals surface area contributed by atoms with E-state index in [0.717, 1.165) is 0 Å². The topological polar surface area (TPSA) is 0 Å². The van der Waals surface area contributed by atoms with E-state index in [1.54, 1.807) is 0 Å². The van der Waals surface area contributed by atoms with Gasteiger partial charge in [0.1, 0.15) is 44.0 Å². The van der Waals surface area contributed by atoms with Gasteiger partial charge in [0.25, 0.3) is 0 Å². The van der Waals surface area contributed by atoms with Crippen molar-refractivity contribution < 1.29 is 4.11 Å². The molecule has 0 nitrogen and oxygen atoms in total. The zero-order valence-electron chi connectivity index (χ0n) is 37.0. The first kappa shape index (κ1) is 36.4. The summed E-state index contributed by atoms with van der Waals surface area (Å²) in [5.41, 5.74) is 0. The summed E-state index contributed by atoms with van der Waals surface area (Å²) < 4.78 is 29.9. The lowest BCUT2D eigenvalue weighted by molar-refractivity contribution is 0.626. The van der Waals surface area contributed by atoms with E-state index in [2.05, 4.69) is 179 Å². The lowest BCUT2D eigenvalue weighted by Gasteiger charge is -2.70. The molecule has 0 bridgehead atoms. The molecule has 0 unspecified atom stereocenters. The average Bonchev–Trinajstić information content (AvgIpc) is 2.61. The van der Waals surface area contributed by atoms with Crippen molar-refractivity contribution in [2.45, 2.75) is 226 Å². The predicted molar refractivity (Wildman–Crippen MR) is 216 cm³/mol. The zero-order valence-corrected chi connectivity index (χ0v) is 41.0. The van der Waals surface area contributed by atoms with Crippen LogP contribution in [0, 0.1) is 0 Å². The molecular formula is C35H81Si7+. The summed E-state index contributed by atoms with van der Waals surface area (Å²) in [4.78, 5) is 0. The monoisotopic (exact) mass is 700 g/mol. The van der Waals surface area contributed by atoms with Gasteiger partial charge in [-0.15, -0.1) is 0 Å². The van der Waals surface area contributed by atoms with E-state index in [1.165, 1.54) is 0 Å². The Kier molecular flexibility index (Phi) is 9.32. The van der Waals surface area contributed by atoms with Crippen LogP contribution in [0.25, 0.3) is 0 Å². The second kappa shape index (κ2) is 10.8. The first-order valence-corrected chi connectivity index (χ1v) is 37.5. The molecule has 0 atom stereocenters. The minimum absolute atomic E-state index is 0.165. The molecule has 1 aliphatic rings. The normalized spacial score (nSPS) is 20.7. The van der Waals surface area contributed by atoms with Crippen LogP contribution in [-0.2, 0) is 0 Å². The van der Waals surface area contributed by atoms with Crippen LogP contribution in [0.1, 0.15) is 170 Å². The summed E-state index contributed by atoms with van der Waals surface area (Å²) in [6, 6.07) is 0. The molecule has 1 heterocycles. The molecule has 248 valence electrons. The maximum absolute atomic E-state index is 9.97. The third kappa shape index (κ3) is 5.48. The Morgan fingerprint density at radius 3 is 0.881 bits per heavy atom. The molecule has 7 heteroatoms. The van der Waals surface area contributed by atoms with Crippen LogP contribution in [0.3, 0.4) is 0 Å². The van der Waals surface area contributed by atoms with Gasteiger partial charge in [-0.1, -0.05) is 186 Å². The Bertz CT molecular complexity index is 1060. The number of hydrogen-bond donors (Lipinski definition) is 0. The zero-order chi connectivity index (χ0) is 37.2. The molecule has 0 saturated carbocycles. The van der Waals surface area contributed by atoms with E-state index in [1.807, 2.05) is 0 Å². The maximum Gasteiger partial charge on any atom is 0.220 e. The van der Waals surface area contributed by atoms with Crippen LogP contribution in [0.15, 0.2) is 0 Å². The fourth-order valence-corrected chi connectivity index (χ4v) is 306. The molecule has 0 fully saturated rings. The van der Waals surface area contributed by atoms with Crippen molar-refractivity contribution in [2.75, 3.05) is 0 Å². The molecule has 1 rings (SSSR count). The highest BCUT2D eigenvalue weighted by atomic mass is 30.3. The molecule has 0 radical (unpaired) electrons. The second-order valence-corrected chi connectivity index (χ2v) is 85.9. The van der Waals surface area contributed by atoms with Crippen molar-refractivity contribution in [2.24, 2.45) is 0 Å². The minimum Gasteiger partial charge on any atom is -0.0659 e. The van der Waals surface area contributed by atoms with E-state index >= 15 is 0 Å². The van der Waals surface area contributed by atoms with Crippen molar-refractivity contribution in [3.8, 4) is 0 Å². The highest BCUT2D eigenvalue weighted by Gasteiger charge is 2.90. The molecule has 0 saturated heterocycles. The summed E-state index contributed by atoms with van der Waals surface area (Å²) in [5, 5.41) is 0.891. The summed E-state index contributed by atoms with van der Waals surface area (Å²) in [5.74, 6) is 0. The van der Waals surface area contributed by atoms with E-state index in [9.17, 15) is 4.11 Å². The molecule has 0 aliphatic carbocycles. The van der Waals surface area contributed by atoms with Crippen LogP contribution in [0.4, 0.5) is 0 Å². The van der Waals surface area contributed by atoms with Crippen LogP contribution >= 0.6 is 0 Å². The van der Waals surface area contributed by atoms with Crippen molar-refractivity contribution in [3.63, 3.8) is 0 Å². The molecule has 1 aliphatic heterocycles. The summed E-state index contributed by atoms with van der Waals surface area (Å²) >= 11 is 0. The van der Waals surface area contributed by atoms with Crippen molar-refractivity contribution >= 4 is 51.1 Å². The van der Waals surface area contributed by atoms with Gasteiger partial charge in [0.15, 0.2) is 0 Å². The Labute approximate surface area is 279 Å². The average molecular weight is 702 g/mol. The Morgan fingerprint density at radius 2 is 0.714 bits per heavy atom. The van der Waals surface area contributed by atoms with Gasteiger partial charge < -0.3 is 0 Å². The Hall–Kier alpha value is 1.52. The molecule has 0 aromatic heterocycles. The lowest BCUT2D eigenvalue weighted by Crippen LogP contribution is -3.00. The minimum atomic E-state index is -3.05. The van der Waals surface area contributed by atoms with Crippen molar-refractivity contribution in [3.05, 3.63) is 0 Å². The van der Waals surface area contributed by atoms with Gasteiger partial charge in [0.05, 0.1) is 0 Å². The van der Waals surface area contributed by atoms with Gasteiger partial charge in [-0.25, -0.2) is 0 Å². The number of hydrogen-bond acceptors (Lipinski definition) is 0. The summed E-state index contributed by atoms with van der Waals surface area (Å²) in [6.45, 7) is 63.4. The van der Waals surface area contributed by atoms with Gasteiger partial charge in [0, 0.05) is 4.11 Å². The number of rotatable bonds is 3. The van der Waals surface area contributed by atoms with E-state index in [0.29, 0.717) is 0 Å². The molecule has 0 aromatic carbocycles. The SMILES string of the molecule is [2H]C([2H])([2H])[Si]([Si]1=[Si]([Si](C)(C(C)(C)C)C(C)(C)C)[Si+]([Si](C)(C(C)(C)C)C(C)(C)C)[Si]1(C(C)(C)C)C(C)(C)C)(C(C)(C)C)C(C)(C)C. The standard InChI is InChI=1S/C35H81Si7/c1-28(2,3)39(25,29(4,5)6)36-37(40(26,30(7,8)9)31(10,11)12)42(34(19,20)21,35(22,23)24)38(36)41(27,32(13,14)15)33(16,17)18/h1-27H3/q+1/i26D3. The first-order valence-electron chi connectivity index (χ1n) is 18.5. The van der Waals surface area contributed by atoms with Gasteiger partial charge in [-0.2, -0.15) is 0 Å². The fourth-order valence-electron chi connectivity index (χ4n) is 10.4. The fraction of sp³-hybridized carbons (Fsp3) is 1.00. The highest BCUT2D eigenvalue weighted by molar-refractivity contribution is 8.14. The largest absolute Gasteiger partial charge is 0.220 e. The smallest absolute Gasteiger partial charge is 0.0659 e. The molecule has 0 N–H and O–H groups in total. The van der Waals surface area contributed by atoms with Gasteiger partial charge in [-0.3, -0.25) is 0 Å². The lowest BCUT2D eigenvalue weighted by atomic mass is 10.2. The van der Waals surface area contributed by atoms with Crippen LogP contribution < -0.4 is 0 Å². The maximum atomic E-state index is 9.97. The van der Waals surface area contributed by atoms with Gasteiger partial charge >= 0.3 is 0 Å². The third-order valence-corrected chi connectivity index (χ3v) is 165. The molecule has 0 aromatic rings. The Balaban J connectivity index is 5.52. The molecule has 42 heavy (non-hydrogen) atoms. The van der Waals surface area contributed by atoms with E-state index < -0.39 is 57.6 Å². The van der Waals surface area contributed by atoms with Crippen LogP contribution in [-0.4, -0.2) is 51.1 Å². The molecule has 0 spiro atoms.